The molecule has 1 N–H and O–H groups in total. The van der Waals surface area contributed by atoms with Crippen molar-refractivity contribution in [2.24, 2.45) is 7.05 Å². The van der Waals surface area contributed by atoms with Crippen LogP contribution in [-0.4, -0.2) is 14.5 Å². The fraction of sp³-hybridized carbons (Fsp3) is 0.250. The van der Waals surface area contributed by atoms with E-state index in [-0.39, 0.29) is 0 Å². The fourth-order valence-electron chi connectivity index (χ4n) is 1.24. The zero-order chi connectivity index (χ0) is 8.72. The first kappa shape index (κ1) is 7.49. The van der Waals surface area contributed by atoms with Gasteiger partial charge in [-0.15, -0.1) is 0 Å². The number of pyridine rings is 1. The van der Waals surface area contributed by atoms with Gasteiger partial charge in [-0.1, -0.05) is 0 Å². The molecule has 0 spiro atoms. The molecule has 12 heavy (non-hydrogen) atoms. The number of aromatic amines is 1. The summed E-state index contributed by atoms with van der Waals surface area (Å²) in [7, 11) is 1.91. The van der Waals surface area contributed by atoms with E-state index in [2.05, 4.69) is 9.97 Å². The zero-order valence-electron chi connectivity index (χ0n) is 6.96. The van der Waals surface area contributed by atoms with E-state index in [4.69, 9.17) is 12.2 Å². The summed E-state index contributed by atoms with van der Waals surface area (Å²) in [6.45, 7) is 2.04. The van der Waals surface area contributed by atoms with Crippen molar-refractivity contribution < 1.29 is 0 Å². The average Bonchev–Trinajstić information content (AvgIpc) is 2.32. The highest BCUT2D eigenvalue weighted by Gasteiger charge is 2.02. The molecule has 0 radical (unpaired) electrons. The molecule has 2 heterocycles. The molecule has 0 atom stereocenters. The van der Waals surface area contributed by atoms with Crippen molar-refractivity contribution in [3.63, 3.8) is 0 Å². The Morgan fingerprint density at radius 1 is 1.58 bits per heavy atom. The third-order valence-electron chi connectivity index (χ3n) is 1.99. The predicted molar refractivity (Wildman–Crippen MR) is 50.6 cm³/mol. The van der Waals surface area contributed by atoms with Crippen LogP contribution in [0.25, 0.3) is 11.2 Å². The van der Waals surface area contributed by atoms with Crippen LogP contribution in [-0.2, 0) is 7.05 Å². The van der Waals surface area contributed by atoms with Gasteiger partial charge < -0.3 is 9.55 Å². The molecular formula is C8H9N3S. The number of rotatable bonds is 0. The van der Waals surface area contributed by atoms with Crippen LogP contribution in [0.3, 0.4) is 0 Å². The van der Waals surface area contributed by atoms with Crippen molar-refractivity contribution in [3.8, 4) is 0 Å². The van der Waals surface area contributed by atoms with Crippen molar-refractivity contribution in [2.45, 2.75) is 6.92 Å². The minimum atomic E-state index is 0.715. The quantitative estimate of drug-likeness (QED) is 0.627. The summed E-state index contributed by atoms with van der Waals surface area (Å²) in [5, 5.41) is 0. The number of hydrogen-bond acceptors (Lipinski definition) is 2. The van der Waals surface area contributed by atoms with E-state index >= 15 is 0 Å². The second-order valence-corrected chi connectivity index (χ2v) is 3.20. The first-order valence-corrected chi connectivity index (χ1v) is 4.11. The van der Waals surface area contributed by atoms with Gasteiger partial charge in [0.2, 0.25) is 0 Å². The Morgan fingerprint density at radius 3 is 3.00 bits per heavy atom. The Morgan fingerprint density at radius 2 is 2.33 bits per heavy atom. The first-order valence-electron chi connectivity index (χ1n) is 3.70. The van der Waals surface area contributed by atoms with Crippen LogP contribution in [0, 0.1) is 11.7 Å². The molecule has 2 rings (SSSR count). The lowest BCUT2D eigenvalue weighted by atomic mass is 10.3. The molecule has 0 unspecified atom stereocenters. The van der Waals surface area contributed by atoms with Crippen molar-refractivity contribution in [2.75, 3.05) is 0 Å². The van der Waals surface area contributed by atoms with Gasteiger partial charge in [-0.25, -0.2) is 4.98 Å². The lowest BCUT2D eigenvalue weighted by molar-refractivity contribution is 0.912. The molecule has 0 aliphatic carbocycles. The van der Waals surface area contributed by atoms with Gasteiger partial charge in [0.25, 0.3) is 0 Å². The second-order valence-electron chi connectivity index (χ2n) is 2.82. The summed E-state index contributed by atoms with van der Waals surface area (Å²) >= 11 is 5.08. The number of H-pyrrole nitrogens is 1. The number of nitrogens with one attached hydrogen (secondary N) is 1. The number of aromatic nitrogens is 3. The monoisotopic (exact) mass is 179 g/mol. The van der Waals surface area contributed by atoms with Gasteiger partial charge in [0.15, 0.2) is 10.4 Å². The van der Waals surface area contributed by atoms with Gasteiger partial charge in [-0.05, 0) is 30.8 Å². The van der Waals surface area contributed by atoms with Crippen molar-refractivity contribution in [3.05, 3.63) is 22.6 Å². The van der Waals surface area contributed by atoms with E-state index in [0.717, 1.165) is 11.2 Å². The zero-order valence-corrected chi connectivity index (χ0v) is 7.77. The summed E-state index contributed by atoms with van der Waals surface area (Å²) < 4.78 is 2.59. The average molecular weight is 179 g/mol. The van der Waals surface area contributed by atoms with Crippen molar-refractivity contribution in [1.29, 1.82) is 0 Å². The molecule has 0 aliphatic heterocycles. The van der Waals surface area contributed by atoms with Crippen LogP contribution in [0.1, 0.15) is 5.56 Å². The largest absolute Gasteiger partial charge is 0.329 e. The second kappa shape index (κ2) is 2.42. The fourth-order valence-corrected chi connectivity index (χ4v) is 1.43. The topological polar surface area (TPSA) is 33.6 Å². The van der Waals surface area contributed by atoms with Crippen LogP contribution >= 0.6 is 12.2 Å². The number of fused-ring (bicyclic) bond motifs is 1. The third kappa shape index (κ3) is 0.881. The van der Waals surface area contributed by atoms with E-state index in [1.165, 1.54) is 5.56 Å². The molecule has 62 valence electrons. The maximum absolute atomic E-state index is 5.08. The Bertz CT molecular complexity index is 480. The lowest BCUT2D eigenvalue weighted by Crippen LogP contribution is -1.88. The third-order valence-corrected chi connectivity index (χ3v) is 2.37. The van der Waals surface area contributed by atoms with Gasteiger partial charge in [0.05, 0.1) is 5.52 Å². The number of nitrogens with zero attached hydrogens (tertiary/aromatic N) is 2. The molecule has 2 aromatic rings. The molecule has 4 heteroatoms. The van der Waals surface area contributed by atoms with E-state index < -0.39 is 0 Å². The van der Waals surface area contributed by atoms with Crippen LogP contribution in [0.5, 0.6) is 0 Å². The summed E-state index contributed by atoms with van der Waals surface area (Å²) in [4.78, 5) is 7.34. The van der Waals surface area contributed by atoms with E-state index in [1.54, 1.807) is 6.20 Å². The minimum Gasteiger partial charge on any atom is -0.329 e. The Balaban J connectivity index is 3.05. The molecular weight excluding hydrogens is 170 g/mol. The summed E-state index contributed by atoms with van der Waals surface area (Å²) in [6.07, 6.45) is 1.79. The van der Waals surface area contributed by atoms with Crippen molar-refractivity contribution >= 4 is 23.4 Å². The highest BCUT2D eigenvalue weighted by Crippen LogP contribution is 2.13. The van der Waals surface area contributed by atoms with Gasteiger partial charge in [0, 0.05) is 13.2 Å². The number of aryl methyl sites for hydroxylation is 2. The van der Waals surface area contributed by atoms with E-state index in [0.29, 0.717) is 4.77 Å². The Labute approximate surface area is 75.1 Å². The summed E-state index contributed by atoms with van der Waals surface area (Å²) in [5.41, 5.74) is 3.12. The SMILES string of the molecule is Cc1ccnc2c1[nH]c(=S)n2C. The molecule has 0 amide bonds. The molecule has 0 aromatic carbocycles. The van der Waals surface area contributed by atoms with Gasteiger partial charge in [-0.2, -0.15) is 0 Å². The molecule has 0 aliphatic rings. The molecule has 2 aromatic heterocycles. The Kier molecular flexibility index (Phi) is 1.51. The van der Waals surface area contributed by atoms with E-state index in [9.17, 15) is 0 Å². The van der Waals surface area contributed by atoms with Gasteiger partial charge >= 0.3 is 0 Å². The van der Waals surface area contributed by atoms with E-state index in [1.807, 2.05) is 24.6 Å². The van der Waals surface area contributed by atoms with Crippen LogP contribution in [0.15, 0.2) is 12.3 Å². The Hall–Kier alpha value is -1.16. The molecule has 3 nitrogen and oxygen atoms in total. The van der Waals surface area contributed by atoms with Crippen LogP contribution < -0.4 is 0 Å². The standard InChI is InChI=1S/C8H9N3S/c1-5-3-4-9-7-6(5)10-8(12)11(7)2/h3-4H,1-2H3,(H,10,12). The normalized spacial score (nSPS) is 10.8. The maximum Gasteiger partial charge on any atom is 0.179 e. The molecule has 0 bridgehead atoms. The molecule has 0 saturated heterocycles. The van der Waals surface area contributed by atoms with Crippen LogP contribution in [0.4, 0.5) is 0 Å². The highest BCUT2D eigenvalue weighted by atomic mass is 32.1. The smallest absolute Gasteiger partial charge is 0.179 e. The summed E-state index contributed by atoms with van der Waals surface area (Å²) in [5.74, 6) is 0. The number of hydrogen-bond donors (Lipinski definition) is 1. The first-order chi connectivity index (χ1) is 5.70. The molecule has 0 fully saturated rings. The molecule has 0 saturated carbocycles. The van der Waals surface area contributed by atoms with Crippen LogP contribution in [0.2, 0.25) is 0 Å². The van der Waals surface area contributed by atoms with Gasteiger partial charge in [0.1, 0.15) is 0 Å². The summed E-state index contributed by atoms with van der Waals surface area (Å²) in [6, 6.07) is 1.97. The highest BCUT2D eigenvalue weighted by molar-refractivity contribution is 7.71. The lowest BCUT2D eigenvalue weighted by Gasteiger charge is -1.94. The number of imidazole rings is 1. The minimum absolute atomic E-state index is 0.715. The van der Waals surface area contributed by atoms with Crippen molar-refractivity contribution in [1.82, 2.24) is 14.5 Å². The van der Waals surface area contributed by atoms with Gasteiger partial charge in [-0.3, -0.25) is 0 Å². The predicted octanol–water partition coefficient (Wildman–Crippen LogP) is 1.94. The maximum atomic E-state index is 5.08.